The normalized spacial score (nSPS) is 32.1. The summed E-state index contributed by atoms with van der Waals surface area (Å²) in [5, 5.41) is 0. The van der Waals surface area contributed by atoms with Gasteiger partial charge in [0.05, 0.1) is 7.45 Å². The summed E-state index contributed by atoms with van der Waals surface area (Å²) in [7, 11) is 1.62. The average molecular weight is 155 g/mol. The molecule has 0 radical (unpaired) electrons. The Morgan fingerprint density at radius 1 is 1.82 bits per heavy atom. The summed E-state index contributed by atoms with van der Waals surface area (Å²) in [6, 6.07) is 0. The van der Waals surface area contributed by atoms with Crippen molar-refractivity contribution in [2.24, 2.45) is 5.92 Å². The van der Waals surface area contributed by atoms with Crippen LogP contribution in [0, 0.1) is 5.92 Å². The van der Waals surface area contributed by atoms with Gasteiger partial charge in [0.1, 0.15) is 0 Å². The molecule has 0 aromatic rings. The van der Waals surface area contributed by atoms with Gasteiger partial charge in [0, 0.05) is 13.0 Å². The first-order valence-corrected chi connectivity index (χ1v) is 4.29. The molecule has 0 saturated carbocycles. The first kappa shape index (κ1) is 7.35. The minimum atomic E-state index is -0.735. The summed E-state index contributed by atoms with van der Waals surface area (Å²) in [6.07, 6.45) is 4.96. The first-order valence-electron chi connectivity index (χ1n) is 4.79. The third-order valence-electron chi connectivity index (χ3n) is 2.53. The maximum absolute atomic E-state index is 7.94. The van der Waals surface area contributed by atoms with E-state index < -0.39 is 6.08 Å². The number of rotatable bonds is 2. The van der Waals surface area contributed by atoms with Crippen LogP contribution in [0.15, 0.2) is 11.6 Å². The summed E-state index contributed by atoms with van der Waals surface area (Å²) in [5.41, 5.74) is 1.32. The van der Waals surface area contributed by atoms with E-state index in [1.54, 1.807) is 7.11 Å². The molecule has 0 bridgehead atoms. The van der Waals surface area contributed by atoms with E-state index in [-0.39, 0.29) is 5.92 Å². The Kier molecular flexibility index (Phi) is 2.62. The summed E-state index contributed by atoms with van der Waals surface area (Å²) < 4.78 is 13.1. The molecular formula is C10H18O. The van der Waals surface area contributed by atoms with Crippen molar-refractivity contribution in [1.29, 1.82) is 0 Å². The van der Waals surface area contributed by atoms with Gasteiger partial charge in [0.15, 0.2) is 0 Å². The fraction of sp³-hybridized carbons (Fsp3) is 0.800. The Labute approximate surface area is 70.8 Å². The second-order valence-electron chi connectivity index (χ2n) is 3.25. The third kappa shape index (κ3) is 2.06. The highest BCUT2D eigenvalue weighted by molar-refractivity contribution is 5.08. The summed E-state index contributed by atoms with van der Waals surface area (Å²) in [4.78, 5) is 0. The number of hydrogen-bond acceptors (Lipinski definition) is 1. The SMILES string of the molecule is [2H]C(C)(OC)C1CCCC=C1C. The van der Waals surface area contributed by atoms with E-state index in [0.29, 0.717) is 0 Å². The van der Waals surface area contributed by atoms with Gasteiger partial charge in [-0.05, 0) is 33.1 Å². The van der Waals surface area contributed by atoms with Crippen molar-refractivity contribution in [2.45, 2.75) is 39.2 Å². The van der Waals surface area contributed by atoms with Gasteiger partial charge in [0.2, 0.25) is 0 Å². The van der Waals surface area contributed by atoms with Crippen LogP contribution in [0.1, 0.15) is 34.5 Å². The Hall–Kier alpha value is -0.300. The molecule has 1 rings (SSSR count). The molecule has 1 nitrogen and oxygen atoms in total. The van der Waals surface area contributed by atoms with Crippen LogP contribution in [-0.4, -0.2) is 13.2 Å². The monoisotopic (exact) mass is 155 g/mol. The maximum atomic E-state index is 7.94. The van der Waals surface area contributed by atoms with Gasteiger partial charge >= 0.3 is 0 Å². The summed E-state index contributed by atoms with van der Waals surface area (Å²) >= 11 is 0. The van der Waals surface area contributed by atoms with Gasteiger partial charge in [-0.2, -0.15) is 0 Å². The summed E-state index contributed by atoms with van der Waals surface area (Å²) in [5.74, 6) is 0.288. The highest BCUT2D eigenvalue weighted by Crippen LogP contribution is 2.28. The lowest BCUT2D eigenvalue weighted by molar-refractivity contribution is 0.0742. The van der Waals surface area contributed by atoms with E-state index in [1.165, 1.54) is 18.4 Å². The van der Waals surface area contributed by atoms with Crippen molar-refractivity contribution < 1.29 is 6.11 Å². The standard InChI is InChI=1S/C10H18O/c1-8-6-4-5-7-10(8)9(2)11-3/h6,9-10H,4-5,7H2,1-3H3/i9D. The predicted molar refractivity (Wildman–Crippen MR) is 47.6 cm³/mol. The second-order valence-corrected chi connectivity index (χ2v) is 3.25. The minimum Gasteiger partial charge on any atom is -0.381 e. The Bertz CT molecular complexity index is 184. The molecule has 1 heteroatoms. The Balaban J connectivity index is 2.73. The molecule has 2 unspecified atom stereocenters. The van der Waals surface area contributed by atoms with E-state index in [1.807, 2.05) is 6.92 Å². The predicted octanol–water partition coefficient (Wildman–Crippen LogP) is 2.77. The van der Waals surface area contributed by atoms with Crippen molar-refractivity contribution in [2.75, 3.05) is 7.11 Å². The van der Waals surface area contributed by atoms with Gasteiger partial charge in [-0.1, -0.05) is 11.6 Å². The number of methoxy groups -OCH3 is 1. The van der Waals surface area contributed by atoms with Crippen molar-refractivity contribution in [3.8, 4) is 0 Å². The molecular weight excluding hydrogens is 136 g/mol. The Morgan fingerprint density at radius 2 is 2.55 bits per heavy atom. The largest absolute Gasteiger partial charge is 0.381 e. The lowest BCUT2D eigenvalue weighted by Crippen LogP contribution is -2.22. The van der Waals surface area contributed by atoms with Crippen LogP contribution in [0.5, 0.6) is 0 Å². The molecule has 0 aliphatic heterocycles. The third-order valence-corrected chi connectivity index (χ3v) is 2.53. The molecule has 0 N–H and O–H groups in total. The highest BCUT2D eigenvalue weighted by Gasteiger charge is 2.20. The number of allylic oxidation sites excluding steroid dienone is 1. The lowest BCUT2D eigenvalue weighted by atomic mass is 9.85. The molecule has 0 amide bonds. The van der Waals surface area contributed by atoms with Crippen LogP contribution in [0.4, 0.5) is 0 Å². The summed E-state index contributed by atoms with van der Waals surface area (Å²) in [6.45, 7) is 3.95. The van der Waals surface area contributed by atoms with Crippen LogP contribution < -0.4 is 0 Å². The van der Waals surface area contributed by atoms with Crippen molar-refractivity contribution in [1.82, 2.24) is 0 Å². The van der Waals surface area contributed by atoms with Crippen molar-refractivity contribution >= 4 is 0 Å². The molecule has 0 saturated heterocycles. The average Bonchev–Trinajstić information content (AvgIpc) is 2.05. The molecule has 64 valence electrons. The molecule has 11 heavy (non-hydrogen) atoms. The van der Waals surface area contributed by atoms with E-state index in [4.69, 9.17) is 6.11 Å². The molecule has 0 fully saturated rings. The van der Waals surface area contributed by atoms with Gasteiger partial charge in [-0.15, -0.1) is 0 Å². The quantitative estimate of drug-likeness (QED) is 0.557. The van der Waals surface area contributed by atoms with Crippen LogP contribution >= 0.6 is 0 Å². The highest BCUT2D eigenvalue weighted by atomic mass is 16.5. The smallest absolute Gasteiger partial charge is 0.0608 e. The van der Waals surface area contributed by atoms with Crippen LogP contribution in [0.2, 0.25) is 0 Å². The number of hydrogen-bond donors (Lipinski definition) is 0. The second kappa shape index (κ2) is 3.91. The van der Waals surface area contributed by atoms with E-state index >= 15 is 0 Å². The zero-order valence-corrected chi connectivity index (χ0v) is 7.68. The molecule has 1 aliphatic carbocycles. The van der Waals surface area contributed by atoms with Gasteiger partial charge in [0.25, 0.3) is 0 Å². The van der Waals surface area contributed by atoms with E-state index in [0.717, 1.165) is 6.42 Å². The van der Waals surface area contributed by atoms with Gasteiger partial charge in [-0.3, -0.25) is 0 Å². The zero-order valence-electron chi connectivity index (χ0n) is 8.68. The molecule has 0 spiro atoms. The van der Waals surface area contributed by atoms with Crippen molar-refractivity contribution in [3.63, 3.8) is 0 Å². The fourth-order valence-electron chi connectivity index (χ4n) is 1.69. The molecule has 0 aromatic carbocycles. The topological polar surface area (TPSA) is 9.23 Å². The van der Waals surface area contributed by atoms with E-state index in [9.17, 15) is 0 Å². The molecule has 0 aromatic heterocycles. The van der Waals surface area contributed by atoms with E-state index in [2.05, 4.69) is 13.0 Å². The minimum absolute atomic E-state index is 0.288. The maximum Gasteiger partial charge on any atom is 0.0608 e. The molecule has 1 aliphatic rings. The fourth-order valence-corrected chi connectivity index (χ4v) is 1.69. The molecule has 0 heterocycles. The number of ether oxygens (including phenoxy) is 1. The lowest BCUT2D eigenvalue weighted by Gasteiger charge is -2.26. The molecule has 2 atom stereocenters. The Morgan fingerprint density at radius 3 is 3.09 bits per heavy atom. The van der Waals surface area contributed by atoms with Gasteiger partial charge < -0.3 is 4.74 Å². The zero-order chi connectivity index (χ0) is 9.19. The van der Waals surface area contributed by atoms with Crippen LogP contribution in [0.3, 0.4) is 0 Å². The van der Waals surface area contributed by atoms with Crippen LogP contribution in [-0.2, 0) is 4.74 Å². The van der Waals surface area contributed by atoms with Crippen LogP contribution in [0.25, 0.3) is 0 Å². The van der Waals surface area contributed by atoms with Gasteiger partial charge in [-0.25, -0.2) is 0 Å². The first-order chi connectivity index (χ1) is 5.58. The van der Waals surface area contributed by atoms with Crippen molar-refractivity contribution in [3.05, 3.63) is 11.6 Å².